The van der Waals surface area contributed by atoms with Crippen LogP contribution in [0.15, 0.2) is 24.3 Å². The molecule has 1 heterocycles. The van der Waals surface area contributed by atoms with Crippen LogP contribution in [0.5, 0.6) is 5.75 Å². The van der Waals surface area contributed by atoms with Gasteiger partial charge in [0.05, 0.1) is 12.7 Å². The first kappa shape index (κ1) is 15.4. The quantitative estimate of drug-likeness (QED) is 0.637. The summed E-state index contributed by atoms with van der Waals surface area (Å²) < 4.78 is 11.3. The summed E-state index contributed by atoms with van der Waals surface area (Å²) in [6.45, 7) is 3.23. The number of hydrogen-bond acceptors (Lipinski definition) is 2. The minimum absolute atomic E-state index is 0.211. The number of benzene rings is 1. The van der Waals surface area contributed by atoms with Crippen molar-refractivity contribution in [3.63, 3.8) is 0 Å². The van der Waals surface area contributed by atoms with E-state index in [2.05, 4.69) is 25.1 Å². The molecule has 0 saturated carbocycles. The Balaban J connectivity index is 1.75. The Bertz CT molecular complexity index is 394. The lowest BCUT2D eigenvalue weighted by Gasteiger charge is -2.28. The van der Waals surface area contributed by atoms with Crippen molar-refractivity contribution >= 4 is 0 Å². The summed E-state index contributed by atoms with van der Waals surface area (Å²) >= 11 is 0. The van der Waals surface area contributed by atoms with Crippen molar-refractivity contribution in [1.29, 1.82) is 0 Å². The fraction of sp³-hybridized carbons (Fsp3) is 0.667. The van der Waals surface area contributed by atoms with Gasteiger partial charge in [0.2, 0.25) is 0 Å². The van der Waals surface area contributed by atoms with E-state index in [9.17, 15) is 0 Å². The molecule has 1 aliphatic rings. The summed E-state index contributed by atoms with van der Waals surface area (Å²) in [5.74, 6) is 0.962. The Labute approximate surface area is 123 Å². The van der Waals surface area contributed by atoms with E-state index in [4.69, 9.17) is 9.47 Å². The molecule has 112 valence electrons. The number of aryl methyl sites for hydroxylation is 1. The fourth-order valence-corrected chi connectivity index (χ4v) is 3.33. The second kappa shape index (κ2) is 7.68. The van der Waals surface area contributed by atoms with Crippen LogP contribution in [0.2, 0.25) is 0 Å². The Morgan fingerprint density at radius 2 is 2.15 bits per heavy atom. The summed E-state index contributed by atoms with van der Waals surface area (Å²) in [4.78, 5) is 0. The van der Waals surface area contributed by atoms with Gasteiger partial charge in [-0.15, -0.1) is 0 Å². The van der Waals surface area contributed by atoms with E-state index in [1.54, 1.807) is 7.11 Å². The molecule has 1 aromatic carbocycles. The predicted molar refractivity (Wildman–Crippen MR) is 83.4 cm³/mol. The first-order valence-electron chi connectivity index (χ1n) is 8.05. The Morgan fingerprint density at radius 1 is 1.25 bits per heavy atom. The normalized spacial score (nSPS) is 22.1. The van der Waals surface area contributed by atoms with Crippen LogP contribution in [0.1, 0.15) is 57.4 Å². The molecule has 20 heavy (non-hydrogen) atoms. The van der Waals surface area contributed by atoms with Crippen LogP contribution >= 0.6 is 0 Å². The number of hydrogen-bond donors (Lipinski definition) is 0. The van der Waals surface area contributed by atoms with E-state index >= 15 is 0 Å². The van der Waals surface area contributed by atoms with Crippen molar-refractivity contribution < 1.29 is 9.47 Å². The van der Waals surface area contributed by atoms with Crippen molar-refractivity contribution in [2.45, 2.75) is 63.9 Å². The SMILES string of the molecule is CCCC1(CCCCc2cccc(OC)c2)CCCO1. The molecule has 1 saturated heterocycles. The van der Waals surface area contributed by atoms with Crippen LogP contribution in [0.3, 0.4) is 0 Å². The van der Waals surface area contributed by atoms with Crippen LogP contribution in [-0.2, 0) is 11.2 Å². The van der Waals surface area contributed by atoms with Gasteiger partial charge >= 0.3 is 0 Å². The van der Waals surface area contributed by atoms with Crippen molar-refractivity contribution in [3.8, 4) is 5.75 Å². The molecular formula is C18H28O2. The average molecular weight is 276 g/mol. The molecule has 0 spiro atoms. The van der Waals surface area contributed by atoms with E-state index < -0.39 is 0 Å². The highest BCUT2D eigenvalue weighted by Gasteiger charge is 2.33. The van der Waals surface area contributed by atoms with E-state index in [-0.39, 0.29) is 5.60 Å². The van der Waals surface area contributed by atoms with Gasteiger partial charge in [0.1, 0.15) is 5.75 Å². The molecule has 0 amide bonds. The van der Waals surface area contributed by atoms with Crippen LogP contribution in [0.4, 0.5) is 0 Å². The molecule has 0 aliphatic carbocycles. The highest BCUT2D eigenvalue weighted by Crippen LogP contribution is 2.35. The van der Waals surface area contributed by atoms with Crippen LogP contribution in [0.25, 0.3) is 0 Å². The maximum absolute atomic E-state index is 6.05. The van der Waals surface area contributed by atoms with Gasteiger partial charge in [-0.2, -0.15) is 0 Å². The zero-order chi connectivity index (χ0) is 14.3. The molecule has 2 nitrogen and oxygen atoms in total. The van der Waals surface area contributed by atoms with Crippen molar-refractivity contribution in [1.82, 2.24) is 0 Å². The van der Waals surface area contributed by atoms with E-state index in [1.807, 2.05) is 6.07 Å². The van der Waals surface area contributed by atoms with E-state index in [0.717, 1.165) is 18.8 Å². The standard InChI is InChI=1S/C18H28O2/c1-3-11-18(13-7-14-20-18)12-5-4-8-16-9-6-10-17(15-16)19-2/h6,9-10,15H,3-5,7-8,11-14H2,1-2H3. The second-order valence-corrected chi connectivity index (χ2v) is 5.94. The Morgan fingerprint density at radius 3 is 2.85 bits per heavy atom. The average Bonchev–Trinajstić information content (AvgIpc) is 2.93. The van der Waals surface area contributed by atoms with Gasteiger partial charge in [-0.3, -0.25) is 0 Å². The predicted octanol–water partition coefficient (Wildman–Crippen LogP) is 4.76. The maximum atomic E-state index is 6.05. The third-order valence-electron chi connectivity index (χ3n) is 4.37. The van der Waals surface area contributed by atoms with E-state index in [0.29, 0.717) is 0 Å². The molecule has 0 radical (unpaired) electrons. The first-order valence-corrected chi connectivity index (χ1v) is 8.05. The van der Waals surface area contributed by atoms with Crippen molar-refractivity contribution in [3.05, 3.63) is 29.8 Å². The van der Waals surface area contributed by atoms with Gasteiger partial charge in [-0.1, -0.05) is 31.9 Å². The summed E-state index contributed by atoms with van der Waals surface area (Å²) in [6.07, 6.45) is 9.83. The zero-order valence-corrected chi connectivity index (χ0v) is 13.0. The monoisotopic (exact) mass is 276 g/mol. The third-order valence-corrected chi connectivity index (χ3v) is 4.37. The smallest absolute Gasteiger partial charge is 0.119 e. The van der Waals surface area contributed by atoms with Crippen LogP contribution in [0, 0.1) is 0 Å². The molecule has 0 aromatic heterocycles. The summed E-state index contributed by atoms with van der Waals surface area (Å²) in [7, 11) is 1.73. The summed E-state index contributed by atoms with van der Waals surface area (Å²) in [5.41, 5.74) is 1.59. The minimum atomic E-state index is 0.211. The molecule has 1 unspecified atom stereocenters. The molecule has 1 atom stereocenters. The first-order chi connectivity index (χ1) is 9.78. The third kappa shape index (κ3) is 4.24. The largest absolute Gasteiger partial charge is 0.497 e. The maximum Gasteiger partial charge on any atom is 0.119 e. The van der Waals surface area contributed by atoms with Gasteiger partial charge in [0.25, 0.3) is 0 Å². The minimum Gasteiger partial charge on any atom is -0.497 e. The van der Waals surface area contributed by atoms with Gasteiger partial charge in [0, 0.05) is 6.61 Å². The van der Waals surface area contributed by atoms with Crippen molar-refractivity contribution in [2.24, 2.45) is 0 Å². The molecule has 2 rings (SSSR count). The number of rotatable bonds is 8. The zero-order valence-electron chi connectivity index (χ0n) is 13.0. The summed E-state index contributed by atoms with van der Waals surface area (Å²) in [6, 6.07) is 8.42. The lowest BCUT2D eigenvalue weighted by molar-refractivity contribution is -0.0119. The highest BCUT2D eigenvalue weighted by atomic mass is 16.5. The molecule has 1 aliphatic heterocycles. The van der Waals surface area contributed by atoms with Gasteiger partial charge < -0.3 is 9.47 Å². The van der Waals surface area contributed by atoms with Gasteiger partial charge in [-0.05, 0) is 56.2 Å². The van der Waals surface area contributed by atoms with E-state index in [1.165, 1.54) is 50.5 Å². The number of methoxy groups -OCH3 is 1. The lowest BCUT2D eigenvalue weighted by atomic mass is 9.88. The second-order valence-electron chi connectivity index (χ2n) is 5.94. The van der Waals surface area contributed by atoms with Gasteiger partial charge in [0.15, 0.2) is 0 Å². The van der Waals surface area contributed by atoms with Gasteiger partial charge in [-0.25, -0.2) is 0 Å². The summed E-state index contributed by atoms with van der Waals surface area (Å²) in [5, 5.41) is 0. The molecule has 0 bridgehead atoms. The molecule has 1 fully saturated rings. The number of unbranched alkanes of at least 4 members (excludes halogenated alkanes) is 1. The number of ether oxygens (including phenoxy) is 2. The fourth-order valence-electron chi connectivity index (χ4n) is 3.33. The lowest BCUT2D eigenvalue weighted by Crippen LogP contribution is -2.27. The molecular weight excluding hydrogens is 248 g/mol. The Hall–Kier alpha value is -1.02. The molecule has 0 N–H and O–H groups in total. The topological polar surface area (TPSA) is 18.5 Å². The Kier molecular flexibility index (Phi) is 5.90. The molecule has 2 heteroatoms. The van der Waals surface area contributed by atoms with Crippen LogP contribution in [-0.4, -0.2) is 19.3 Å². The highest BCUT2D eigenvalue weighted by molar-refractivity contribution is 5.28. The van der Waals surface area contributed by atoms with Crippen LogP contribution < -0.4 is 4.74 Å². The van der Waals surface area contributed by atoms with Crippen molar-refractivity contribution in [2.75, 3.05) is 13.7 Å². The molecule has 1 aromatic rings.